The summed E-state index contributed by atoms with van der Waals surface area (Å²) in [5.41, 5.74) is 15.1. The van der Waals surface area contributed by atoms with Crippen molar-refractivity contribution in [2.75, 3.05) is 6.54 Å². The fourth-order valence-corrected chi connectivity index (χ4v) is 7.07. The van der Waals surface area contributed by atoms with Gasteiger partial charge in [0.2, 0.25) is 5.96 Å². The van der Waals surface area contributed by atoms with E-state index < -0.39 is 11.5 Å². The zero-order chi connectivity index (χ0) is 39.5. The van der Waals surface area contributed by atoms with Crippen molar-refractivity contribution in [3.8, 4) is 39.9 Å². The van der Waals surface area contributed by atoms with Crippen molar-refractivity contribution in [2.24, 2.45) is 21.5 Å². The summed E-state index contributed by atoms with van der Waals surface area (Å²) in [7, 11) is 0. The highest BCUT2D eigenvalue weighted by atomic mass is 16.3. The molecule has 0 saturated heterocycles. The smallest absolute Gasteiger partial charge is 0.216 e. The summed E-state index contributed by atoms with van der Waals surface area (Å²) in [5, 5.41) is 56.6. The minimum atomic E-state index is -0.633. The van der Waals surface area contributed by atoms with Gasteiger partial charge in [-0.15, -0.1) is 0 Å². The maximum Gasteiger partial charge on any atom is 0.216 e. The zero-order valence-electron chi connectivity index (χ0n) is 31.4. The van der Waals surface area contributed by atoms with Crippen LogP contribution in [0.4, 0.5) is 0 Å². The molecule has 11 heteroatoms. The predicted molar refractivity (Wildman–Crippen MR) is 212 cm³/mol. The van der Waals surface area contributed by atoms with E-state index in [9.17, 15) is 35.1 Å². The van der Waals surface area contributed by atoms with E-state index in [0.29, 0.717) is 58.0 Å². The Kier molecular flexibility index (Phi) is 12.0. The van der Waals surface area contributed by atoms with Gasteiger partial charge in [0.1, 0.15) is 17.2 Å². The molecule has 11 nitrogen and oxygen atoms in total. The van der Waals surface area contributed by atoms with Crippen molar-refractivity contribution in [3.63, 3.8) is 0 Å². The van der Waals surface area contributed by atoms with Crippen LogP contribution in [0, 0.1) is 20.8 Å². The lowest BCUT2D eigenvalue weighted by Gasteiger charge is -2.23. The molecule has 9 N–H and O–H groups in total. The number of hydrogen-bond acceptors (Lipinski definition) is 8. The van der Waals surface area contributed by atoms with Crippen LogP contribution in [0.1, 0.15) is 101 Å². The Morgan fingerprint density at radius 3 is 1.62 bits per heavy atom. The van der Waals surface area contributed by atoms with Gasteiger partial charge in [-0.25, -0.2) is 4.99 Å². The second-order valence-electron chi connectivity index (χ2n) is 13.8. The molecule has 0 amide bonds. The van der Waals surface area contributed by atoms with E-state index in [4.69, 9.17) is 11.5 Å². The second-order valence-corrected chi connectivity index (χ2v) is 13.8. The maximum absolute atomic E-state index is 12.1. The molecule has 5 aromatic carbocycles. The highest BCUT2D eigenvalue weighted by Crippen LogP contribution is 2.53. The first-order chi connectivity index (χ1) is 25.0. The lowest BCUT2D eigenvalue weighted by Crippen LogP contribution is -2.16. The molecule has 0 heterocycles. The van der Waals surface area contributed by atoms with Crippen LogP contribution >= 0.6 is 0 Å². The molecule has 0 radical (unpaired) electrons. The average molecular weight is 721 g/mol. The monoisotopic (exact) mass is 720 g/mol. The van der Waals surface area contributed by atoms with Gasteiger partial charge in [-0.3, -0.25) is 14.6 Å². The summed E-state index contributed by atoms with van der Waals surface area (Å²) < 4.78 is 0. The van der Waals surface area contributed by atoms with Gasteiger partial charge in [-0.2, -0.15) is 0 Å². The third kappa shape index (κ3) is 7.60. The standard InChI is InChI=1S/C31H32O7.C11H16N4/c1-12(2)21-16(7)27(34)19(10-32)25-17(21)8-14(5)23(29(25)36)24-15(6)9-18-22(13(3)4)31(38)28(35)20(11-33)26(18)30(24)37;1-9(12)15-11(13)14-8-7-10-5-3-2-4-6-10/h8-13,34-38H,1-7H3;2-6H,7-8H2,1H3,(H4,12,13,14,15). The summed E-state index contributed by atoms with van der Waals surface area (Å²) in [4.78, 5) is 32.1. The topological polar surface area (TPSA) is 212 Å². The van der Waals surface area contributed by atoms with Crippen LogP contribution in [0.5, 0.6) is 28.7 Å². The molecule has 0 aliphatic carbocycles. The zero-order valence-corrected chi connectivity index (χ0v) is 31.4. The van der Waals surface area contributed by atoms with Crippen molar-refractivity contribution in [2.45, 2.75) is 73.6 Å². The Bertz CT molecular complexity index is 2160. The number of hydrogen-bond donors (Lipinski definition) is 7. The van der Waals surface area contributed by atoms with E-state index in [-0.39, 0.29) is 68.1 Å². The Hall–Kier alpha value is -6.10. The number of rotatable bonds is 8. The SMILES string of the molecule is CC(N)=NC(N)=NCCc1ccccc1.Cc1cc2c(C(C)C)c(C)c(O)c(C=O)c2c(O)c1-c1c(C)cc2c(C(C)C)c(O)c(O)c(C=O)c2c1O. The van der Waals surface area contributed by atoms with Crippen molar-refractivity contribution in [3.05, 3.63) is 87.0 Å². The molecule has 0 spiro atoms. The molecule has 0 bridgehead atoms. The number of phenols is 5. The Morgan fingerprint density at radius 2 is 1.17 bits per heavy atom. The van der Waals surface area contributed by atoms with Crippen LogP contribution in [0.25, 0.3) is 32.7 Å². The van der Waals surface area contributed by atoms with E-state index in [0.717, 1.165) is 12.0 Å². The minimum Gasteiger partial charge on any atom is -0.507 e. The van der Waals surface area contributed by atoms with E-state index in [1.807, 2.05) is 52.0 Å². The summed E-state index contributed by atoms with van der Waals surface area (Å²) in [6.45, 7) is 15.1. The number of carbonyl (C=O) groups is 2. The van der Waals surface area contributed by atoms with E-state index in [2.05, 4.69) is 22.1 Å². The number of amidine groups is 1. The van der Waals surface area contributed by atoms with Gasteiger partial charge in [-0.1, -0.05) is 70.2 Å². The highest BCUT2D eigenvalue weighted by molar-refractivity contribution is 6.14. The molecule has 0 atom stereocenters. The summed E-state index contributed by atoms with van der Waals surface area (Å²) >= 11 is 0. The molecule has 0 aromatic heterocycles. The molecule has 0 aliphatic heterocycles. The molecule has 0 unspecified atom stereocenters. The van der Waals surface area contributed by atoms with Crippen LogP contribution in [-0.2, 0) is 6.42 Å². The van der Waals surface area contributed by atoms with Crippen molar-refractivity contribution >= 4 is 45.9 Å². The van der Waals surface area contributed by atoms with Crippen molar-refractivity contribution in [1.29, 1.82) is 0 Å². The second kappa shape index (κ2) is 16.1. The van der Waals surface area contributed by atoms with Crippen LogP contribution in [0.3, 0.4) is 0 Å². The van der Waals surface area contributed by atoms with E-state index in [1.165, 1.54) is 5.56 Å². The number of nitrogens with two attached hydrogens (primary N) is 2. The van der Waals surface area contributed by atoms with Gasteiger partial charge in [-0.05, 0) is 84.5 Å². The van der Waals surface area contributed by atoms with Crippen molar-refractivity contribution < 1.29 is 35.1 Å². The molecule has 0 fully saturated rings. The molecule has 0 aliphatic rings. The fraction of sp³-hybridized carbons (Fsp3) is 0.286. The average Bonchev–Trinajstić information content (AvgIpc) is 3.08. The van der Waals surface area contributed by atoms with Gasteiger partial charge in [0.05, 0.1) is 17.0 Å². The number of aldehydes is 2. The maximum atomic E-state index is 12.1. The highest BCUT2D eigenvalue weighted by Gasteiger charge is 2.29. The van der Waals surface area contributed by atoms with Crippen molar-refractivity contribution in [1.82, 2.24) is 0 Å². The third-order valence-corrected chi connectivity index (χ3v) is 9.31. The third-order valence-electron chi connectivity index (χ3n) is 9.31. The molecule has 5 aromatic rings. The Morgan fingerprint density at radius 1 is 0.698 bits per heavy atom. The first-order valence-electron chi connectivity index (χ1n) is 17.3. The van der Waals surface area contributed by atoms with E-state index >= 15 is 0 Å². The molecular weight excluding hydrogens is 672 g/mol. The van der Waals surface area contributed by atoms with Gasteiger partial charge in [0.15, 0.2) is 24.1 Å². The van der Waals surface area contributed by atoms with Crippen LogP contribution in [-0.4, -0.2) is 56.4 Å². The fourth-order valence-electron chi connectivity index (χ4n) is 7.07. The number of fused-ring (bicyclic) bond motifs is 2. The summed E-state index contributed by atoms with van der Waals surface area (Å²) in [6, 6.07) is 13.6. The number of carbonyl (C=O) groups excluding carboxylic acids is 2. The molecule has 278 valence electrons. The first kappa shape index (κ1) is 39.7. The molecular formula is C42H48N4O7. The summed E-state index contributed by atoms with van der Waals surface area (Å²) in [6.07, 6.45) is 1.73. The molecule has 5 rings (SSSR count). The lowest BCUT2D eigenvalue weighted by molar-refractivity contribution is 0.111. The van der Waals surface area contributed by atoms with Gasteiger partial charge in [0, 0.05) is 34.0 Å². The first-order valence-corrected chi connectivity index (χ1v) is 17.3. The Labute approximate surface area is 309 Å². The number of phenolic OH excluding ortho intramolecular Hbond substituents is 5. The lowest BCUT2D eigenvalue weighted by atomic mass is 9.82. The largest absolute Gasteiger partial charge is 0.507 e. The quantitative estimate of drug-likeness (QED) is 0.0359. The number of aromatic hydroxyl groups is 5. The van der Waals surface area contributed by atoms with Gasteiger partial charge >= 0.3 is 0 Å². The number of guanidine groups is 1. The van der Waals surface area contributed by atoms with Gasteiger partial charge in [0.25, 0.3) is 0 Å². The number of aliphatic imine (C=N–C) groups is 2. The summed E-state index contributed by atoms with van der Waals surface area (Å²) in [5.74, 6) is -1.53. The van der Waals surface area contributed by atoms with Crippen LogP contribution < -0.4 is 11.5 Å². The minimum absolute atomic E-state index is 0.0233. The number of benzene rings is 5. The van der Waals surface area contributed by atoms with Crippen LogP contribution in [0.15, 0.2) is 52.4 Å². The van der Waals surface area contributed by atoms with Crippen LogP contribution in [0.2, 0.25) is 0 Å². The van der Waals surface area contributed by atoms with Gasteiger partial charge < -0.3 is 37.0 Å². The number of aryl methyl sites for hydroxylation is 2. The van der Waals surface area contributed by atoms with E-state index in [1.54, 1.807) is 33.8 Å². The Balaban J connectivity index is 0.000000350. The predicted octanol–water partition coefficient (Wildman–Crippen LogP) is 7.91. The molecule has 53 heavy (non-hydrogen) atoms. The number of nitrogens with zero attached hydrogens (tertiary/aromatic N) is 2. The normalized spacial score (nSPS) is 12.0. The molecule has 0 saturated carbocycles.